The highest BCUT2D eigenvalue weighted by Gasteiger charge is 2.24. The molecule has 0 radical (unpaired) electrons. The van der Waals surface area contributed by atoms with E-state index in [2.05, 4.69) is 58.6 Å². The highest BCUT2D eigenvalue weighted by molar-refractivity contribution is 7.45. The van der Waals surface area contributed by atoms with E-state index in [0.717, 1.165) is 0 Å². The fourth-order valence-corrected chi connectivity index (χ4v) is 12.6. The quantitative estimate of drug-likeness (QED) is 0.225. The van der Waals surface area contributed by atoms with E-state index in [1.54, 1.807) is 4.50 Å². The molecular formula is C19H14S6Si. The summed E-state index contributed by atoms with van der Waals surface area (Å²) in [5, 5.41) is 13.8. The molecule has 0 atom stereocenters. The lowest BCUT2D eigenvalue weighted by atomic mass is 10.1. The third-order valence-corrected chi connectivity index (χ3v) is 15.0. The lowest BCUT2D eigenvalue weighted by Gasteiger charge is -2.12. The molecule has 6 aromatic rings. The smallest absolute Gasteiger partial charge is 0.0904 e. The van der Waals surface area contributed by atoms with Crippen LogP contribution in [0.5, 0.6) is 0 Å². The number of hydrogen-bond acceptors (Lipinski definition) is 6. The zero-order valence-corrected chi connectivity index (χ0v) is 20.2. The van der Waals surface area contributed by atoms with Crippen molar-refractivity contribution in [2.75, 3.05) is 0 Å². The Morgan fingerprint density at radius 2 is 1.42 bits per heavy atom. The summed E-state index contributed by atoms with van der Waals surface area (Å²) in [5.41, 5.74) is 2.90. The Kier molecular flexibility index (Phi) is 3.47. The fourth-order valence-electron chi connectivity index (χ4n) is 3.44. The molecule has 130 valence electrons. The number of hydrogen-bond donors (Lipinski definition) is 0. The average Bonchev–Trinajstić information content (AvgIpc) is 3.32. The van der Waals surface area contributed by atoms with Crippen molar-refractivity contribution in [2.45, 2.75) is 19.6 Å². The third kappa shape index (κ3) is 2.19. The minimum absolute atomic E-state index is 1.26. The predicted octanol–water partition coefficient (Wildman–Crippen LogP) is 8.88. The summed E-state index contributed by atoms with van der Waals surface area (Å²) in [6.45, 7) is 7.36. The van der Waals surface area contributed by atoms with Crippen LogP contribution >= 0.6 is 68.0 Å². The van der Waals surface area contributed by atoms with Gasteiger partial charge >= 0.3 is 0 Å². The van der Waals surface area contributed by atoms with Gasteiger partial charge in [-0.05, 0) is 10.6 Å². The molecule has 0 aliphatic heterocycles. The van der Waals surface area contributed by atoms with Crippen molar-refractivity contribution in [3.05, 3.63) is 27.6 Å². The molecule has 0 N–H and O–H groups in total. The van der Waals surface area contributed by atoms with Crippen molar-refractivity contribution >= 4 is 119 Å². The molecule has 6 heterocycles. The van der Waals surface area contributed by atoms with E-state index >= 15 is 0 Å². The van der Waals surface area contributed by atoms with Crippen LogP contribution in [0, 0.1) is 0 Å². The summed E-state index contributed by atoms with van der Waals surface area (Å²) in [4.78, 5) is 0. The van der Waals surface area contributed by atoms with Gasteiger partial charge < -0.3 is 0 Å². The summed E-state index contributed by atoms with van der Waals surface area (Å²) < 4.78 is 9.04. The van der Waals surface area contributed by atoms with Gasteiger partial charge in [0.1, 0.15) is 0 Å². The van der Waals surface area contributed by atoms with E-state index in [-0.39, 0.29) is 0 Å². The van der Waals surface area contributed by atoms with Gasteiger partial charge in [-0.2, -0.15) is 11.3 Å². The molecule has 0 aromatic carbocycles. The first-order valence-electron chi connectivity index (χ1n) is 8.31. The van der Waals surface area contributed by atoms with Gasteiger partial charge in [0, 0.05) is 58.2 Å². The molecule has 0 saturated carbocycles. The molecule has 6 rings (SSSR count). The van der Waals surface area contributed by atoms with E-state index in [1.165, 1.54) is 49.4 Å². The molecule has 0 nitrogen and oxygen atoms in total. The van der Waals surface area contributed by atoms with Crippen LogP contribution in [0.2, 0.25) is 19.6 Å². The van der Waals surface area contributed by atoms with E-state index in [9.17, 15) is 0 Å². The first-order chi connectivity index (χ1) is 12.5. The highest BCUT2D eigenvalue weighted by Crippen LogP contribution is 2.51. The Hall–Kier alpha value is -0.543. The van der Waals surface area contributed by atoms with Gasteiger partial charge in [-0.3, -0.25) is 0 Å². The van der Waals surface area contributed by atoms with Gasteiger partial charge in [-0.1, -0.05) is 19.6 Å². The number of thiophene rings is 6. The molecule has 0 aliphatic rings. The van der Waals surface area contributed by atoms with Crippen LogP contribution in [0.15, 0.2) is 27.6 Å². The fraction of sp³-hybridized carbons (Fsp3) is 0.158. The highest BCUT2D eigenvalue weighted by atomic mass is 32.2. The van der Waals surface area contributed by atoms with Crippen molar-refractivity contribution in [1.82, 2.24) is 0 Å². The van der Waals surface area contributed by atoms with Crippen molar-refractivity contribution in [1.29, 1.82) is 0 Å². The maximum absolute atomic E-state index is 2.48. The molecule has 0 unspecified atom stereocenters. The maximum Gasteiger partial charge on any atom is 0.0904 e. The molecule has 7 heteroatoms. The molecule has 0 saturated heterocycles. The molecule has 0 spiro atoms. The van der Waals surface area contributed by atoms with E-state index in [4.69, 9.17) is 0 Å². The summed E-state index contributed by atoms with van der Waals surface area (Å²) in [6, 6.07) is 2.48. The SMILES string of the molecule is C[Si](C)(C)c1cc2sc3scc(-c4csc5sc6cscc6c45)c3c2s1. The summed E-state index contributed by atoms with van der Waals surface area (Å²) in [5.74, 6) is 0. The van der Waals surface area contributed by atoms with E-state index in [0.29, 0.717) is 0 Å². The lowest BCUT2D eigenvalue weighted by molar-refractivity contribution is 1.79. The summed E-state index contributed by atoms with van der Waals surface area (Å²) in [7, 11) is -1.26. The molecular weight excluding hydrogens is 449 g/mol. The Morgan fingerprint density at radius 3 is 2.19 bits per heavy atom. The van der Waals surface area contributed by atoms with Gasteiger partial charge in [0.05, 0.1) is 20.8 Å². The Labute approximate surface area is 176 Å². The minimum atomic E-state index is -1.26. The van der Waals surface area contributed by atoms with Gasteiger partial charge in [-0.25, -0.2) is 0 Å². The number of rotatable bonds is 2. The van der Waals surface area contributed by atoms with Gasteiger partial charge in [0.2, 0.25) is 0 Å². The normalized spacial score (nSPS) is 13.2. The zero-order valence-electron chi connectivity index (χ0n) is 14.3. The lowest BCUT2D eigenvalue weighted by Crippen LogP contribution is -2.34. The van der Waals surface area contributed by atoms with Gasteiger partial charge in [-0.15, -0.1) is 56.7 Å². The standard InChI is InChI=1S/C19H14S6Si/c1-26(2,3)14-4-12-17(25-14)16-10(7-22-19(16)23-12)9-6-21-18-15(9)11-5-20-8-13(11)24-18/h4-8H,1-3H3. The monoisotopic (exact) mass is 462 g/mol. The van der Waals surface area contributed by atoms with E-state index < -0.39 is 8.07 Å². The minimum Gasteiger partial charge on any atom is -0.150 e. The van der Waals surface area contributed by atoms with Crippen LogP contribution in [0.4, 0.5) is 0 Å². The van der Waals surface area contributed by atoms with Gasteiger partial charge in [0.15, 0.2) is 0 Å². The molecule has 0 amide bonds. The Balaban J connectivity index is 1.69. The second-order valence-electron chi connectivity index (χ2n) is 7.53. The van der Waals surface area contributed by atoms with Crippen LogP contribution in [0.3, 0.4) is 0 Å². The average molecular weight is 463 g/mol. The molecule has 0 fully saturated rings. The second-order valence-corrected chi connectivity index (χ2v) is 19.1. The van der Waals surface area contributed by atoms with Crippen LogP contribution < -0.4 is 4.50 Å². The van der Waals surface area contributed by atoms with E-state index in [1.807, 2.05) is 56.7 Å². The third-order valence-electron chi connectivity index (χ3n) is 4.77. The van der Waals surface area contributed by atoms with Gasteiger partial charge in [0.25, 0.3) is 0 Å². The van der Waals surface area contributed by atoms with Crippen LogP contribution in [-0.4, -0.2) is 8.07 Å². The molecule has 26 heavy (non-hydrogen) atoms. The zero-order chi connectivity index (χ0) is 17.6. The van der Waals surface area contributed by atoms with Crippen molar-refractivity contribution in [2.24, 2.45) is 0 Å². The maximum atomic E-state index is 2.48. The van der Waals surface area contributed by atoms with Crippen molar-refractivity contribution < 1.29 is 0 Å². The molecule has 0 aliphatic carbocycles. The first kappa shape index (κ1) is 16.4. The topological polar surface area (TPSA) is 0 Å². The molecule has 6 aromatic heterocycles. The largest absolute Gasteiger partial charge is 0.150 e. The Morgan fingerprint density at radius 1 is 0.731 bits per heavy atom. The summed E-state index contributed by atoms with van der Waals surface area (Å²) >= 11 is 11.6. The second kappa shape index (κ2) is 5.50. The molecule has 0 bridgehead atoms. The first-order valence-corrected chi connectivity index (χ1v) is 17.0. The predicted molar refractivity (Wildman–Crippen MR) is 132 cm³/mol. The Bertz CT molecular complexity index is 1420. The van der Waals surface area contributed by atoms with Crippen molar-refractivity contribution in [3.63, 3.8) is 0 Å². The van der Waals surface area contributed by atoms with Crippen molar-refractivity contribution in [3.8, 4) is 11.1 Å². The van der Waals surface area contributed by atoms with Crippen LogP contribution in [0.25, 0.3) is 49.4 Å². The number of fused-ring (bicyclic) bond motifs is 6. The summed E-state index contributed by atoms with van der Waals surface area (Å²) in [6.07, 6.45) is 0. The van der Waals surface area contributed by atoms with Crippen LogP contribution in [-0.2, 0) is 0 Å². The van der Waals surface area contributed by atoms with Crippen LogP contribution in [0.1, 0.15) is 0 Å².